The van der Waals surface area contributed by atoms with Crippen molar-refractivity contribution in [2.24, 2.45) is 57.4 Å². The first-order valence-corrected chi connectivity index (χ1v) is 14.7. The van der Waals surface area contributed by atoms with Gasteiger partial charge in [-0.3, -0.25) is 0 Å². The minimum atomic E-state index is 0.0994. The van der Waals surface area contributed by atoms with Crippen LogP contribution in [0.4, 0.5) is 0 Å². The summed E-state index contributed by atoms with van der Waals surface area (Å²) in [4.78, 5) is 5.65. The van der Waals surface area contributed by atoms with Gasteiger partial charge < -0.3 is 10.2 Å². The van der Waals surface area contributed by atoms with E-state index in [0.29, 0.717) is 29.6 Å². The van der Waals surface area contributed by atoms with Crippen LogP contribution in [0.3, 0.4) is 0 Å². The van der Waals surface area contributed by atoms with Crippen LogP contribution in [-0.4, -0.2) is 18.0 Å². The van der Waals surface area contributed by atoms with Gasteiger partial charge in [-0.2, -0.15) is 5.71 Å². The van der Waals surface area contributed by atoms with Gasteiger partial charge in [0.25, 0.3) is 0 Å². The predicted octanol–water partition coefficient (Wildman–Crippen LogP) is 8.84. The van der Waals surface area contributed by atoms with Gasteiger partial charge in [0.15, 0.2) is 0 Å². The zero-order valence-corrected chi connectivity index (χ0v) is 23.5. The van der Waals surface area contributed by atoms with Gasteiger partial charge in [-0.05, 0) is 109 Å². The largest absolute Gasteiger partial charge is 0.808 e. The molecule has 3 nitrogen and oxygen atoms in total. The van der Waals surface area contributed by atoms with Crippen LogP contribution in [0.25, 0.3) is 5.41 Å². The zero-order chi connectivity index (χ0) is 25.4. The van der Waals surface area contributed by atoms with Gasteiger partial charge in [0.1, 0.15) is 6.61 Å². The van der Waals surface area contributed by atoms with E-state index >= 15 is 0 Å². The molecule has 4 aliphatic carbocycles. The maximum absolute atomic E-state index is 10.4. The summed E-state index contributed by atoms with van der Waals surface area (Å²) in [5.41, 5.74) is 3.40. The molecule has 0 aromatic heterocycles. The molecule has 0 saturated heterocycles. The van der Waals surface area contributed by atoms with Gasteiger partial charge in [-0.15, -0.1) is 0 Å². The van der Waals surface area contributed by atoms with Crippen molar-refractivity contribution < 1.29 is 4.84 Å². The highest BCUT2D eigenvalue weighted by atomic mass is 16.6. The minimum absolute atomic E-state index is 0.0994. The number of fused-ring (bicyclic) bond motifs is 5. The third-order valence-electron chi connectivity index (χ3n) is 11.4. The van der Waals surface area contributed by atoms with Crippen molar-refractivity contribution in [1.29, 1.82) is 0 Å². The van der Waals surface area contributed by atoms with E-state index in [2.05, 4.69) is 53.3 Å². The Morgan fingerprint density at radius 2 is 1.91 bits per heavy atom. The molecule has 0 N–H and O–H groups in total. The van der Waals surface area contributed by atoms with Crippen LogP contribution in [0.15, 0.2) is 29.5 Å². The van der Waals surface area contributed by atoms with Crippen LogP contribution >= 0.6 is 0 Å². The van der Waals surface area contributed by atoms with Crippen molar-refractivity contribution in [3.63, 3.8) is 0 Å². The van der Waals surface area contributed by atoms with E-state index in [1.165, 1.54) is 50.5 Å². The van der Waals surface area contributed by atoms with Gasteiger partial charge in [0.05, 0.1) is 5.71 Å². The predicted molar refractivity (Wildman–Crippen MR) is 150 cm³/mol. The normalized spacial score (nSPS) is 39.5. The van der Waals surface area contributed by atoms with E-state index < -0.39 is 0 Å². The quantitative estimate of drug-likeness (QED) is 0.185. The molecule has 0 aliphatic heterocycles. The second-order valence-corrected chi connectivity index (χ2v) is 13.4. The highest BCUT2D eigenvalue weighted by Crippen LogP contribution is 2.67. The Bertz CT molecular complexity index is 856. The first-order valence-electron chi connectivity index (χ1n) is 14.7. The van der Waals surface area contributed by atoms with Crippen LogP contribution < -0.4 is 0 Å². The molecule has 0 amide bonds. The molecular weight excluding hydrogens is 428 g/mol. The molecule has 4 rings (SSSR count). The van der Waals surface area contributed by atoms with Crippen molar-refractivity contribution in [1.82, 2.24) is 0 Å². The highest BCUT2D eigenvalue weighted by Gasteiger charge is 2.60. The second kappa shape index (κ2) is 10.5. The second-order valence-electron chi connectivity index (χ2n) is 13.4. The summed E-state index contributed by atoms with van der Waals surface area (Å²) in [6.45, 7) is 19.1. The van der Waals surface area contributed by atoms with Gasteiger partial charge >= 0.3 is 0 Å². The third kappa shape index (κ3) is 4.82. The van der Waals surface area contributed by atoms with Gasteiger partial charge in [-0.25, -0.2) is 0 Å². The Morgan fingerprint density at radius 3 is 2.60 bits per heavy atom. The monoisotopic (exact) mass is 479 g/mol. The van der Waals surface area contributed by atoms with Crippen LogP contribution in [-0.2, 0) is 4.84 Å². The average Bonchev–Trinajstić information content (AvgIpc) is 3.17. The van der Waals surface area contributed by atoms with E-state index in [-0.39, 0.29) is 5.41 Å². The first kappa shape index (κ1) is 26.7. The Labute approximate surface area is 215 Å². The van der Waals surface area contributed by atoms with Crippen molar-refractivity contribution in [3.05, 3.63) is 29.7 Å². The van der Waals surface area contributed by atoms with Crippen molar-refractivity contribution >= 4 is 11.4 Å². The van der Waals surface area contributed by atoms with Crippen LogP contribution in [0, 0.1) is 52.3 Å². The molecule has 0 spiro atoms. The number of nitrogens with zero attached hydrogens (tertiary/aromatic N) is 2. The fraction of sp³-hybridized carbons (Fsp3) is 0.812. The maximum Gasteiger partial charge on any atom is 0.135 e. The lowest BCUT2D eigenvalue weighted by atomic mass is 9.46. The summed E-state index contributed by atoms with van der Waals surface area (Å²) >= 11 is 0. The van der Waals surface area contributed by atoms with Crippen molar-refractivity contribution in [3.8, 4) is 0 Å². The minimum Gasteiger partial charge on any atom is -0.808 e. The molecule has 3 saturated carbocycles. The fourth-order valence-corrected chi connectivity index (χ4v) is 9.34. The van der Waals surface area contributed by atoms with Gasteiger partial charge in [0, 0.05) is 0 Å². The van der Waals surface area contributed by atoms with E-state index in [4.69, 9.17) is 4.84 Å². The maximum atomic E-state index is 10.4. The molecule has 0 aromatic carbocycles. The molecule has 0 radical (unpaired) electrons. The number of rotatable bonds is 9. The molecule has 196 valence electrons. The summed E-state index contributed by atoms with van der Waals surface area (Å²) in [5, 5.41) is 15.1. The number of hydrogen-bond acceptors (Lipinski definition) is 2. The van der Waals surface area contributed by atoms with E-state index in [1.54, 1.807) is 6.08 Å². The lowest BCUT2D eigenvalue weighted by Crippen LogP contribution is -2.53. The fourth-order valence-electron chi connectivity index (χ4n) is 9.34. The third-order valence-corrected chi connectivity index (χ3v) is 11.4. The van der Waals surface area contributed by atoms with Gasteiger partial charge in [-0.1, -0.05) is 78.3 Å². The summed E-state index contributed by atoms with van der Waals surface area (Å²) in [5.74, 6) is 5.49. The molecule has 1 unspecified atom stereocenters. The summed E-state index contributed by atoms with van der Waals surface area (Å²) in [7, 11) is 0. The molecule has 4 aliphatic rings. The molecular formula is C32H51N2O-. The van der Waals surface area contributed by atoms with Crippen LogP contribution in [0.1, 0.15) is 106 Å². The Hall–Kier alpha value is -1.38. The van der Waals surface area contributed by atoms with Crippen molar-refractivity contribution in [2.75, 3.05) is 6.61 Å². The summed E-state index contributed by atoms with van der Waals surface area (Å²) < 4.78 is 0. The average molecular weight is 480 g/mol. The Kier molecular flexibility index (Phi) is 8.04. The van der Waals surface area contributed by atoms with E-state index in [1.807, 2.05) is 6.08 Å². The lowest BCUT2D eigenvalue weighted by Gasteiger charge is -2.59. The van der Waals surface area contributed by atoms with Crippen LogP contribution in [0.2, 0.25) is 0 Å². The van der Waals surface area contributed by atoms with E-state index in [0.717, 1.165) is 54.6 Å². The van der Waals surface area contributed by atoms with E-state index in [9.17, 15) is 5.41 Å². The summed E-state index contributed by atoms with van der Waals surface area (Å²) in [6.07, 6.45) is 16.2. The SMILES string of the molecule is C=CCO/N=C1\C[C@@H]2[C@H](CC[C@]3(C)C([C@H](C)CC[C@@H](CC)C(C)C)CC[C@@H]23)[C@@]2(C)CCC(=[N-])C=C12. The number of oxime groups is 1. The molecule has 3 fully saturated rings. The summed E-state index contributed by atoms with van der Waals surface area (Å²) in [6, 6.07) is 0. The van der Waals surface area contributed by atoms with Crippen molar-refractivity contribution in [2.45, 2.75) is 106 Å². The Balaban J connectivity index is 1.57. The number of hydrogen-bond donors (Lipinski definition) is 0. The molecule has 0 heterocycles. The zero-order valence-electron chi connectivity index (χ0n) is 23.5. The molecule has 35 heavy (non-hydrogen) atoms. The molecule has 3 heteroatoms. The highest BCUT2D eigenvalue weighted by molar-refractivity contribution is 6.10. The smallest absolute Gasteiger partial charge is 0.135 e. The molecule has 0 bridgehead atoms. The number of allylic oxidation sites excluding steroid dienone is 2. The topological polar surface area (TPSA) is 43.9 Å². The first-order chi connectivity index (χ1) is 16.7. The molecule has 0 aromatic rings. The Morgan fingerprint density at radius 1 is 1.14 bits per heavy atom. The van der Waals surface area contributed by atoms with Gasteiger partial charge in [0.2, 0.25) is 0 Å². The van der Waals surface area contributed by atoms with Crippen LogP contribution in [0.5, 0.6) is 0 Å². The lowest BCUT2D eigenvalue weighted by molar-refractivity contribution is -0.0431. The molecule has 8 atom stereocenters. The standard InChI is InChI=1S/C32H51N2O/c1-8-18-35-34-30-20-25-27-13-12-26(22(5)10-11-23(9-2)21(3)4)31(27,6)17-15-28(25)32(7)16-14-24(33)19-29(30)32/h8,19,21-23,25-28H,1,9-18,20H2,2-7H3/q-1/b34-30+/t22-,23-,25+,26?,27+,28+,31-,32-/m1/s1.